The monoisotopic (exact) mass is 211 g/mol. The lowest BCUT2D eigenvalue weighted by Gasteiger charge is -2.18. The Bertz CT molecular complexity index is 412. The molecule has 0 fully saturated rings. The Morgan fingerprint density at radius 2 is 2.31 bits per heavy atom. The largest absolute Gasteiger partial charge is 0.385 e. The van der Waals surface area contributed by atoms with Crippen LogP contribution in [-0.2, 0) is 0 Å². The maximum atomic E-state index is 5.37. The Morgan fingerprint density at radius 3 is 3.06 bits per heavy atom. The number of rotatable bonds is 3. The molecule has 0 aromatic heterocycles. The van der Waals surface area contributed by atoms with Gasteiger partial charge in [0.1, 0.15) is 0 Å². The number of benzene rings is 1. The summed E-state index contributed by atoms with van der Waals surface area (Å²) in [5.74, 6) is 3.42. The van der Waals surface area contributed by atoms with Gasteiger partial charge in [-0.3, -0.25) is 0 Å². The summed E-state index contributed by atoms with van der Waals surface area (Å²) in [5, 5.41) is 3.46. The fourth-order valence-electron chi connectivity index (χ4n) is 2.02. The molecule has 1 nitrogen and oxygen atoms in total. The van der Waals surface area contributed by atoms with Crippen molar-refractivity contribution in [2.24, 2.45) is 5.92 Å². The van der Waals surface area contributed by atoms with E-state index in [1.54, 1.807) is 0 Å². The number of nitrogens with one attached hydrogen (secondary N) is 1. The van der Waals surface area contributed by atoms with E-state index in [9.17, 15) is 0 Å². The third-order valence-electron chi connectivity index (χ3n) is 3.00. The highest BCUT2D eigenvalue weighted by Gasteiger charge is 2.08. The highest BCUT2D eigenvalue weighted by atomic mass is 14.9. The van der Waals surface area contributed by atoms with Crippen LogP contribution in [0.4, 0.5) is 5.69 Å². The standard InChI is InChI=1S/C15H17N/c1-2-13-9-6-10-15(11-13)16-12-14-7-4-3-5-8-14/h1,3-4,6,9-11,14,16H,5,7-8,12H2. The summed E-state index contributed by atoms with van der Waals surface area (Å²) in [5.41, 5.74) is 2.07. The lowest BCUT2D eigenvalue weighted by molar-refractivity contribution is 0.504. The molecule has 1 unspecified atom stereocenters. The van der Waals surface area contributed by atoms with E-state index in [0.29, 0.717) is 0 Å². The molecule has 0 radical (unpaired) electrons. The second-order valence-electron chi connectivity index (χ2n) is 4.26. The number of hydrogen-bond donors (Lipinski definition) is 1. The second kappa shape index (κ2) is 5.42. The summed E-state index contributed by atoms with van der Waals surface area (Å²) in [6, 6.07) is 8.05. The van der Waals surface area contributed by atoms with Gasteiger partial charge in [-0.25, -0.2) is 0 Å². The minimum absolute atomic E-state index is 0.763. The van der Waals surface area contributed by atoms with Crippen LogP contribution >= 0.6 is 0 Å². The fraction of sp³-hybridized carbons (Fsp3) is 0.333. The van der Waals surface area contributed by atoms with Crippen LogP contribution in [0.3, 0.4) is 0 Å². The van der Waals surface area contributed by atoms with Crippen LogP contribution in [0, 0.1) is 18.3 Å². The first-order chi connectivity index (χ1) is 7.88. The second-order valence-corrected chi connectivity index (χ2v) is 4.26. The molecule has 0 bridgehead atoms. The van der Waals surface area contributed by atoms with Crippen LogP contribution in [0.2, 0.25) is 0 Å². The summed E-state index contributed by atoms with van der Waals surface area (Å²) in [6.45, 7) is 1.04. The third-order valence-corrected chi connectivity index (χ3v) is 3.00. The predicted molar refractivity (Wildman–Crippen MR) is 69.3 cm³/mol. The topological polar surface area (TPSA) is 12.0 Å². The molecule has 0 saturated heterocycles. The molecule has 2 rings (SSSR count). The molecule has 1 N–H and O–H groups in total. The Morgan fingerprint density at radius 1 is 1.38 bits per heavy atom. The molecule has 1 aliphatic rings. The maximum absolute atomic E-state index is 5.37. The molecule has 1 aromatic rings. The van der Waals surface area contributed by atoms with Crippen molar-refractivity contribution in [1.29, 1.82) is 0 Å². The molecule has 0 saturated carbocycles. The summed E-state index contributed by atoms with van der Waals surface area (Å²) in [4.78, 5) is 0. The molecule has 82 valence electrons. The average Bonchev–Trinajstić information content (AvgIpc) is 2.38. The zero-order valence-electron chi connectivity index (χ0n) is 9.45. The molecule has 0 spiro atoms. The normalized spacial score (nSPS) is 19.1. The molecule has 16 heavy (non-hydrogen) atoms. The molecule has 1 atom stereocenters. The van der Waals surface area contributed by atoms with Crippen LogP contribution in [0.15, 0.2) is 36.4 Å². The third kappa shape index (κ3) is 2.90. The maximum Gasteiger partial charge on any atom is 0.0352 e. The summed E-state index contributed by atoms with van der Waals surface area (Å²) >= 11 is 0. The van der Waals surface area contributed by atoms with E-state index in [4.69, 9.17) is 6.42 Å². The number of terminal acetylenes is 1. The van der Waals surface area contributed by atoms with Crippen molar-refractivity contribution in [2.75, 3.05) is 11.9 Å². The predicted octanol–water partition coefficient (Wildman–Crippen LogP) is 3.44. The lowest BCUT2D eigenvalue weighted by atomic mass is 9.94. The minimum Gasteiger partial charge on any atom is -0.385 e. The number of anilines is 1. The quantitative estimate of drug-likeness (QED) is 0.596. The Balaban J connectivity index is 1.89. The number of hydrogen-bond acceptors (Lipinski definition) is 1. The fourth-order valence-corrected chi connectivity index (χ4v) is 2.02. The Labute approximate surface area is 97.6 Å². The van der Waals surface area contributed by atoms with E-state index in [2.05, 4.69) is 29.5 Å². The first kappa shape index (κ1) is 10.8. The van der Waals surface area contributed by atoms with E-state index in [-0.39, 0.29) is 0 Å². The SMILES string of the molecule is C#Cc1cccc(NCC2CC=CCC2)c1. The molecule has 0 heterocycles. The lowest BCUT2D eigenvalue weighted by Crippen LogP contribution is -2.15. The molecular formula is C15H17N. The van der Waals surface area contributed by atoms with Crippen molar-refractivity contribution in [3.63, 3.8) is 0 Å². The van der Waals surface area contributed by atoms with Crippen LogP contribution in [0.5, 0.6) is 0 Å². The van der Waals surface area contributed by atoms with E-state index in [0.717, 1.165) is 23.7 Å². The van der Waals surface area contributed by atoms with Gasteiger partial charge < -0.3 is 5.32 Å². The van der Waals surface area contributed by atoms with Gasteiger partial charge in [-0.2, -0.15) is 0 Å². The first-order valence-corrected chi connectivity index (χ1v) is 5.84. The van der Waals surface area contributed by atoms with Crippen molar-refractivity contribution < 1.29 is 0 Å². The zero-order valence-corrected chi connectivity index (χ0v) is 9.45. The van der Waals surface area contributed by atoms with Crippen molar-refractivity contribution in [3.8, 4) is 12.3 Å². The smallest absolute Gasteiger partial charge is 0.0352 e. The molecule has 1 heteroatoms. The van der Waals surface area contributed by atoms with Crippen LogP contribution < -0.4 is 5.32 Å². The summed E-state index contributed by atoms with van der Waals surface area (Å²) in [7, 11) is 0. The summed E-state index contributed by atoms with van der Waals surface area (Å²) < 4.78 is 0. The van der Waals surface area contributed by atoms with Crippen molar-refractivity contribution >= 4 is 5.69 Å². The van der Waals surface area contributed by atoms with Gasteiger partial charge in [-0.1, -0.05) is 24.1 Å². The molecular weight excluding hydrogens is 194 g/mol. The van der Waals surface area contributed by atoms with Gasteiger partial charge in [0.2, 0.25) is 0 Å². The van der Waals surface area contributed by atoms with Gasteiger partial charge in [-0.05, 0) is 43.4 Å². The average molecular weight is 211 g/mol. The van der Waals surface area contributed by atoms with Gasteiger partial charge in [0, 0.05) is 17.8 Å². The highest BCUT2D eigenvalue weighted by molar-refractivity contribution is 5.49. The summed E-state index contributed by atoms with van der Waals surface area (Å²) in [6.07, 6.45) is 13.6. The van der Waals surface area contributed by atoms with E-state index < -0.39 is 0 Å². The van der Waals surface area contributed by atoms with Gasteiger partial charge in [0.15, 0.2) is 0 Å². The van der Waals surface area contributed by atoms with Gasteiger partial charge >= 0.3 is 0 Å². The van der Waals surface area contributed by atoms with E-state index in [1.165, 1.54) is 19.3 Å². The molecule has 1 aliphatic carbocycles. The molecule has 0 aliphatic heterocycles. The van der Waals surface area contributed by atoms with Crippen LogP contribution in [-0.4, -0.2) is 6.54 Å². The van der Waals surface area contributed by atoms with Crippen LogP contribution in [0.25, 0.3) is 0 Å². The minimum atomic E-state index is 0.763. The van der Waals surface area contributed by atoms with Crippen molar-refractivity contribution in [2.45, 2.75) is 19.3 Å². The van der Waals surface area contributed by atoms with Gasteiger partial charge in [0.05, 0.1) is 0 Å². The van der Waals surface area contributed by atoms with E-state index in [1.807, 2.05) is 18.2 Å². The highest BCUT2D eigenvalue weighted by Crippen LogP contribution is 2.19. The van der Waals surface area contributed by atoms with Gasteiger partial charge in [-0.15, -0.1) is 6.42 Å². The Hall–Kier alpha value is -1.68. The van der Waals surface area contributed by atoms with Crippen LogP contribution in [0.1, 0.15) is 24.8 Å². The zero-order chi connectivity index (χ0) is 11.2. The Kier molecular flexibility index (Phi) is 3.66. The molecule has 1 aromatic carbocycles. The molecule has 0 amide bonds. The van der Waals surface area contributed by atoms with Crippen molar-refractivity contribution in [1.82, 2.24) is 0 Å². The van der Waals surface area contributed by atoms with E-state index >= 15 is 0 Å². The first-order valence-electron chi connectivity index (χ1n) is 5.84. The number of allylic oxidation sites excluding steroid dienone is 2. The van der Waals surface area contributed by atoms with Gasteiger partial charge in [0.25, 0.3) is 0 Å². The van der Waals surface area contributed by atoms with Crippen molar-refractivity contribution in [3.05, 3.63) is 42.0 Å².